The van der Waals surface area contributed by atoms with Crippen molar-refractivity contribution >= 4 is 17.4 Å². The van der Waals surface area contributed by atoms with Crippen LogP contribution in [0.5, 0.6) is 11.5 Å². The summed E-state index contributed by atoms with van der Waals surface area (Å²) in [7, 11) is 0. The van der Waals surface area contributed by atoms with Crippen LogP contribution in [0.2, 0.25) is 0 Å². The number of nitrogens with zero attached hydrogens (tertiary/aromatic N) is 3. The Morgan fingerprint density at radius 1 is 1.16 bits per heavy atom. The van der Waals surface area contributed by atoms with Gasteiger partial charge in [0.05, 0.1) is 11.3 Å². The van der Waals surface area contributed by atoms with Crippen LogP contribution >= 0.6 is 0 Å². The van der Waals surface area contributed by atoms with Gasteiger partial charge in [0.25, 0.3) is 11.7 Å². The van der Waals surface area contributed by atoms with E-state index in [1.54, 1.807) is 42.6 Å². The Morgan fingerprint density at radius 2 is 1.94 bits per heavy atom. The number of rotatable bonds is 8. The number of aromatic nitrogens is 1. The lowest BCUT2D eigenvalue weighted by Crippen LogP contribution is -2.33. The van der Waals surface area contributed by atoms with Gasteiger partial charge in [-0.2, -0.15) is 0 Å². The Morgan fingerprint density at radius 3 is 2.66 bits per heavy atom. The molecule has 1 aromatic carbocycles. The van der Waals surface area contributed by atoms with E-state index in [9.17, 15) is 14.7 Å². The minimum absolute atomic E-state index is 0.0374. The third kappa shape index (κ3) is 4.05. The van der Waals surface area contributed by atoms with Crippen LogP contribution < -0.4 is 9.47 Å². The summed E-state index contributed by atoms with van der Waals surface area (Å²) in [6.45, 7) is 7.33. The number of pyridine rings is 1. The zero-order valence-electron chi connectivity index (χ0n) is 18.3. The van der Waals surface area contributed by atoms with Crippen molar-refractivity contribution in [1.82, 2.24) is 14.8 Å². The molecule has 4 rings (SSSR count). The maximum absolute atomic E-state index is 13.1. The highest BCUT2D eigenvalue weighted by Crippen LogP contribution is 2.40. The summed E-state index contributed by atoms with van der Waals surface area (Å²) in [4.78, 5) is 34.2. The van der Waals surface area contributed by atoms with Crippen molar-refractivity contribution in [2.75, 3.05) is 33.0 Å². The summed E-state index contributed by atoms with van der Waals surface area (Å²) >= 11 is 0. The minimum atomic E-state index is -0.752. The van der Waals surface area contributed by atoms with Gasteiger partial charge in [-0.15, -0.1) is 0 Å². The van der Waals surface area contributed by atoms with Gasteiger partial charge in [0.2, 0.25) is 6.79 Å². The number of amides is 1. The molecular weight excluding hydrogens is 410 g/mol. The summed E-state index contributed by atoms with van der Waals surface area (Å²) in [5.41, 5.74) is 0.962. The number of carbonyl (C=O) groups is 2. The first-order chi connectivity index (χ1) is 15.5. The first kappa shape index (κ1) is 21.8. The van der Waals surface area contributed by atoms with Crippen LogP contribution in [0.25, 0.3) is 5.76 Å². The van der Waals surface area contributed by atoms with E-state index in [0.29, 0.717) is 35.7 Å². The molecule has 2 aliphatic rings. The molecule has 1 atom stereocenters. The lowest BCUT2D eigenvalue weighted by Gasteiger charge is -2.26. The van der Waals surface area contributed by atoms with Crippen LogP contribution in [0.1, 0.15) is 37.6 Å². The highest BCUT2D eigenvalue weighted by molar-refractivity contribution is 6.46. The summed E-state index contributed by atoms with van der Waals surface area (Å²) in [5.74, 6) is -0.527. The Kier molecular flexibility index (Phi) is 6.41. The smallest absolute Gasteiger partial charge is 0.295 e. The molecule has 1 fully saturated rings. The number of fused-ring (bicyclic) bond motifs is 1. The number of ketones is 1. The van der Waals surface area contributed by atoms with E-state index in [4.69, 9.17) is 9.47 Å². The van der Waals surface area contributed by atoms with E-state index in [2.05, 4.69) is 23.7 Å². The van der Waals surface area contributed by atoms with E-state index in [1.807, 2.05) is 0 Å². The summed E-state index contributed by atoms with van der Waals surface area (Å²) in [5, 5.41) is 11.1. The molecule has 168 valence electrons. The van der Waals surface area contributed by atoms with E-state index < -0.39 is 17.7 Å². The number of likely N-dealkylation sites (tertiary alicyclic amines) is 1. The monoisotopic (exact) mass is 437 g/mol. The Hall–Kier alpha value is -3.39. The standard InChI is InChI=1S/C24H27N3O5/c1-3-26(4-2)12-7-13-27-21(17-8-5-6-11-25-17)20(23(29)24(27)30)22(28)16-9-10-18-19(14-16)32-15-31-18/h5-6,8-11,14,21,28H,3-4,7,12-13,15H2,1-2H3/b22-20-. The predicted octanol–water partition coefficient (Wildman–Crippen LogP) is 2.96. The number of hydrogen-bond acceptors (Lipinski definition) is 7. The van der Waals surface area contributed by atoms with Crippen LogP contribution in [0.15, 0.2) is 48.2 Å². The number of benzene rings is 1. The number of ether oxygens (including phenoxy) is 2. The largest absolute Gasteiger partial charge is 0.507 e. The molecule has 0 aliphatic carbocycles. The Bertz CT molecular complexity index is 1030. The van der Waals surface area contributed by atoms with Gasteiger partial charge in [-0.05, 0) is 56.4 Å². The molecule has 2 aromatic rings. The lowest BCUT2D eigenvalue weighted by molar-refractivity contribution is -0.140. The van der Waals surface area contributed by atoms with E-state index in [0.717, 1.165) is 19.6 Å². The van der Waals surface area contributed by atoms with Crippen molar-refractivity contribution in [3.8, 4) is 11.5 Å². The van der Waals surface area contributed by atoms with Crippen LogP contribution in [0.4, 0.5) is 0 Å². The van der Waals surface area contributed by atoms with Gasteiger partial charge in [-0.3, -0.25) is 14.6 Å². The molecule has 0 spiro atoms. The zero-order valence-corrected chi connectivity index (χ0v) is 18.3. The first-order valence-corrected chi connectivity index (χ1v) is 10.9. The predicted molar refractivity (Wildman–Crippen MR) is 118 cm³/mol. The molecular formula is C24H27N3O5. The van der Waals surface area contributed by atoms with Gasteiger partial charge in [0.15, 0.2) is 11.5 Å². The molecule has 1 unspecified atom stereocenters. The second kappa shape index (κ2) is 9.40. The van der Waals surface area contributed by atoms with Gasteiger partial charge < -0.3 is 24.4 Å². The highest BCUT2D eigenvalue weighted by Gasteiger charge is 2.46. The minimum Gasteiger partial charge on any atom is -0.507 e. The molecule has 0 radical (unpaired) electrons. The van der Waals surface area contributed by atoms with Crippen LogP contribution in [0.3, 0.4) is 0 Å². The maximum atomic E-state index is 13.1. The normalized spacial score (nSPS) is 19.2. The van der Waals surface area contributed by atoms with Gasteiger partial charge in [-0.25, -0.2) is 0 Å². The summed E-state index contributed by atoms with van der Waals surface area (Å²) < 4.78 is 10.7. The molecule has 8 heteroatoms. The quantitative estimate of drug-likeness (QED) is 0.386. The van der Waals surface area contributed by atoms with E-state index >= 15 is 0 Å². The molecule has 1 saturated heterocycles. The van der Waals surface area contributed by atoms with Gasteiger partial charge in [-0.1, -0.05) is 19.9 Å². The fourth-order valence-corrected chi connectivity index (χ4v) is 4.16. The van der Waals surface area contributed by atoms with Crippen molar-refractivity contribution in [3.05, 3.63) is 59.4 Å². The Labute approximate surface area is 187 Å². The fourth-order valence-electron chi connectivity index (χ4n) is 4.16. The summed E-state index contributed by atoms with van der Waals surface area (Å²) in [6, 6.07) is 9.52. The lowest BCUT2D eigenvalue weighted by atomic mass is 9.98. The zero-order chi connectivity index (χ0) is 22.7. The summed E-state index contributed by atoms with van der Waals surface area (Å²) in [6.07, 6.45) is 2.33. The number of aliphatic hydroxyl groups excluding tert-OH is 1. The molecule has 3 heterocycles. The third-order valence-corrected chi connectivity index (χ3v) is 5.92. The number of Topliss-reactive ketones (excluding diaryl/α,β-unsaturated/α-hetero) is 1. The molecule has 0 saturated carbocycles. The molecule has 32 heavy (non-hydrogen) atoms. The SMILES string of the molecule is CCN(CC)CCCN1C(=O)C(=O)/C(=C(\O)c2ccc3c(c2)OCO3)C1c1ccccn1. The topological polar surface area (TPSA) is 92.2 Å². The second-order valence-electron chi connectivity index (χ2n) is 7.70. The van der Waals surface area contributed by atoms with Gasteiger partial charge in [0.1, 0.15) is 11.8 Å². The van der Waals surface area contributed by atoms with Crippen molar-refractivity contribution in [3.63, 3.8) is 0 Å². The average Bonchev–Trinajstić information content (AvgIpc) is 3.39. The number of aliphatic hydroxyl groups is 1. The average molecular weight is 437 g/mol. The van der Waals surface area contributed by atoms with E-state index in [-0.39, 0.29) is 18.1 Å². The van der Waals surface area contributed by atoms with Crippen molar-refractivity contribution < 1.29 is 24.2 Å². The van der Waals surface area contributed by atoms with Crippen LogP contribution in [-0.4, -0.2) is 64.6 Å². The maximum Gasteiger partial charge on any atom is 0.295 e. The van der Waals surface area contributed by atoms with Gasteiger partial charge in [0, 0.05) is 18.3 Å². The second-order valence-corrected chi connectivity index (χ2v) is 7.70. The Balaban J connectivity index is 1.71. The molecule has 1 N–H and O–H groups in total. The number of hydrogen-bond donors (Lipinski definition) is 1. The van der Waals surface area contributed by atoms with Crippen LogP contribution in [-0.2, 0) is 9.59 Å². The molecule has 2 aliphatic heterocycles. The molecule has 8 nitrogen and oxygen atoms in total. The third-order valence-electron chi connectivity index (χ3n) is 5.92. The molecule has 0 bridgehead atoms. The van der Waals surface area contributed by atoms with E-state index in [1.165, 1.54) is 4.90 Å². The number of carbonyl (C=O) groups excluding carboxylic acids is 2. The van der Waals surface area contributed by atoms with Crippen molar-refractivity contribution in [2.45, 2.75) is 26.3 Å². The van der Waals surface area contributed by atoms with Crippen molar-refractivity contribution in [1.29, 1.82) is 0 Å². The van der Waals surface area contributed by atoms with Crippen LogP contribution in [0, 0.1) is 0 Å². The molecule has 1 amide bonds. The van der Waals surface area contributed by atoms with Crippen molar-refractivity contribution in [2.24, 2.45) is 0 Å². The first-order valence-electron chi connectivity index (χ1n) is 10.9. The fraction of sp³-hybridized carbons (Fsp3) is 0.375. The highest BCUT2D eigenvalue weighted by atomic mass is 16.7. The van der Waals surface area contributed by atoms with Gasteiger partial charge >= 0.3 is 0 Å². The molecule has 1 aromatic heterocycles.